The molecular formula is C19H24N2O2. The lowest BCUT2D eigenvalue weighted by Crippen LogP contribution is -2.41. The Labute approximate surface area is 137 Å². The van der Waals surface area contributed by atoms with Crippen molar-refractivity contribution < 1.29 is 9.59 Å². The van der Waals surface area contributed by atoms with Crippen LogP contribution in [0.2, 0.25) is 0 Å². The molecule has 1 saturated heterocycles. The van der Waals surface area contributed by atoms with E-state index in [0.717, 1.165) is 31.5 Å². The van der Waals surface area contributed by atoms with Crippen molar-refractivity contribution in [2.45, 2.75) is 39.7 Å². The summed E-state index contributed by atoms with van der Waals surface area (Å²) in [7, 11) is 0. The molecular weight excluding hydrogens is 288 g/mol. The van der Waals surface area contributed by atoms with Crippen LogP contribution in [0.4, 0.5) is 0 Å². The minimum absolute atomic E-state index is 0.130. The number of carbonyl (C=O) groups is 2. The molecule has 1 fully saturated rings. The zero-order chi connectivity index (χ0) is 16.6. The Morgan fingerprint density at radius 1 is 1.00 bits per heavy atom. The molecule has 0 bridgehead atoms. The van der Waals surface area contributed by atoms with Gasteiger partial charge in [0.2, 0.25) is 0 Å². The molecule has 4 heteroatoms. The lowest BCUT2D eigenvalue weighted by Gasteiger charge is -2.33. The summed E-state index contributed by atoms with van der Waals surface area (Å²) in [6, 6.07) is 9.44. The molecule has 0 atom stereocenters. The Morgan fingerprint density at radius 2 is 1.61 bits per heavy atom. The number of imide groups is 1. The van der Waals surface area contributed by atoms with Crippen molar-refractivity contribution in [3.05, 3.63) is 41.6 Å². The van der Waals surface area contributed by atoms with Crippen LogP contribution in [0.1, 0.15) is 39.2 Å². The molecule has 0 radical (unpaired) electrons. The molecule has 0 aromatic heterocycles. The van der Waals surface area contributed by atoms with E-state index < -0.39 is 0 Å². The fraction of sp³-hybridized carbons (Fsp3) is 0.474. The van der Waals surface area contributed by atoms with E-state index in [2.05, 4.69) is 11.8 Å². The second-order valence-electron chi connectivity index (χ2n) is 6.83. The summed E-state index contributed by atoms with van der Waals surface area (Å²) in [5, 5.41) is 0. The highest BCUT2D eigenvalue weighted by atomic mass is 16.2. The third-order valence-electron chi connectivity index (χ3n) is 4.77. The third kappa shape index (κ3) is 2.78. The Balaban J connectivity index is 2.06. The standard InChI is InChI=1S/C19H24N2O2/c1-13(2)21-18(22)16(15-7-5-4-6-8-15)17(19(21)23)20-11-9-14(3)10-12-20/h4-8,13-14H,9-12H2,1-3H3. The Kier molecular flexibility index (Phi) is 4.24. The van der Waals surface area contributed by atoms with Gasteiger partial charge in [0.25, 0.3) is 11.8 Å². The monoisotopic (exact) mass is 312 g/mol. The minimum atomic E-state index is -0.162. The van der Waals surface area contributed by atoms with Gasteiger partial charge in [-0.2, -0.15) is 0 Å². The van der Waals surface area contributed by atoms with E-state index in [1.54, 1.807) is 0 Å². The quantitative estimate of drug-likeness (QED) is 0.806. The second kappa shape index (κ2) is 6.19. The first-order valence-corrected chi connectivity index (χ1v) is 8.43. The van der Waals surface area contributed by atoms with E-state index in [1.807, 2.05) is 44.2 Å². The maximum atomic E-state index is 12.9. The highest BCUT2D eigenvalue weighted by Crippen LogP contribution is 2.34. The number of piperidine rings is 1. The third-order valence-corrected chi connectivity index (χ3v) is 4.77. The van der Waals surface area contributed by atoms with E-state index >= 15 is 0 Å². The van der Waals surface area contributed by atoms with Gasteiger partial charge >= 0.3 is 0 Å². The summed E-state index contributed by atoms with van der Waals surface area (Å²) in [6.07, 6.45) is 2.13. The van der Waals surface area contributed by atoms with Gasteiger partial charge in [-0.15, -0.1) is 0 Å². The molecule has 3 rings (SSSR count). The van der Waals surface area contributed by atoms with Crippen molar-refractivity contribution in [3.63, 3.8) is 0 Å². The van der Waals surface area contributed by atoms with Gasteiger partial charge in [-0.3, -0.25) is 14.5 Å². The molecule has 23 heavy (non-hydrogen) atoms. The average Bonchev–Trinajstić information content (AvgIpc) is 2.80. The summed E-state index contributed by atoms with van der Waals surface area (Å²) >= 11 is 0. The molecule has 0 spiro atoms. The van der Waals surface area contributed by atoms with Gasteiger partial charge in [0, 0.05) is 19.1 Å². The largest absolute Gasteiger partial charge is 0.366 e. The number of carbonyl (C=O) groups excluding carboxylic acids is 2. The van der Waals surface area contributed by atoms with Crippen molar-refractivity contribution >= 4 is 17.4 Å². The summed E-state index contributed by atoms with van der Waals surface area (Å²) in [5.41, 5.74) is 2.00. The smallest absolute Gasteiger partial charge is 0.278 e. The molecule has 2 heterocycles. The van der Waals surface area contributed by atoms with Gasteiger partial charge in [-0.05, 0) is 38.2 Å². The van der Waals surface area contributed by atoms with Crippen LogP contribution in [0.3, 0.4) is 0 Å². The minimum Gasteiger partial charge on any atom is -0.366 e. The van der Waals surface area contributed by atoms with Gasteiger partial charge in [-0.25, -0.2) is 0 Å². The highest BCUT2D eigenvalue weighted by molar-refractivity contribution is 6.35. The maximum absolute atomic E-state index is 12.9. The van der Waals surface area contributed by atoms with E-state index in [0.29, 0.717) is 17.2 Å². The Morgan fingerprint density at radius 3 is 2.17 bits per heavy atom. The number of amides is 2. The summed E-state index contributed by atoms with van der Waals surface area (Å²) in [4.78, 5) is 29.3. The number of nitrogens with zero attached hydrogens (tertiary/aromatic N) is 2. The van der Waals surface area contributed by atoms with E-state index in [4.69, 9.17) is 0 Å². The molecule has 0 unspecified atom stereocenters. The van der Waals surface area contributed by atoms with E-state index in [1.165, 1.54) is 4.90 Å². The lowest BCUT2D eigenvalue weighted by molar-refractivity contribution is -0.139. The number of likely N-dealkylation sites (tertiary alicyclic amines) is 1. The van der Waals surface area contributed by atoms with Crippen LogP contribution in [0.5, 0.6) is 0 Å². The van der Waals surface area contributed by atoms with Gasteiger partial charge < -0.3 is 4.90 Å². The average molecular weight is 312 g/mol. The number of rotatable bonds is 3. The molecule has 0 saturated carbocycles. The predicted molar refractivity (Wildman–Crippen MR) is 90.3 cm³/mol. The van der Waals surface area contributed by atoms with Gasteiger partial charge in [0.15, 0.2) is 0 Å². The normalized spacial score (nSPS) is 20.2. The topological polar surface area (TPSA) is 40.6 Å². The van der Waals surface area contributed by atoms with Crippen LogP contribution in [0.25, 0.3) is 5.57 Å². The van der Waals surface area contributed by atoms with Crippen LogP contribution < -0.4 is 0 Å². The van der Waals surface area contributed by atoms with Crippen LogP contribution in [-0.2, 0) is 9.59 Å². The van der Waals surface area contributed by atoms with Crippen LogP contribution >= 0.6 is 0 Å². The molecule has 1 aromatic carbocycles. The lowest BCUT2D eigenvalue weighted by atomic mass is 9.97. The fourth-order valence-corrected chi connectivity index (χ4v) is 3.39. The summed E-state index contributed by atoms with van der Waals surface area (Å²) in [5.74, 6) is 0.378. The van der Waals surface area contributed by atoms with Crippen LogP contribution in [0, 0.1) is 5.92 Å². The van der Waals surface area contributed by atoms with E-state index in [9.17, 15) is 9.59 Å². The molecule has 122 valence electrons. The highest BCUT2D eigenvalue weighted by Gasteiger charge is 2.43. The van der Waals surface area contributed by atoms with Gasteiger partial charge in [0.1, 0.15) is 5.70 Å². The van der Waals surface area contributed by atoms with Gasteiger partial charge in [-0.1, -0.05) is 37.3 Å². The molecule has 0 N–H and O–H groups in total. The van der Waals surface area contributed by atoms with Crippen molar-refractivity contribution in [3.8, 4) is 0 Å². The maximum Gasteiger partial charge on any atom is 0.278 e. The number of hydrogen-bond acceptors (Lipinski definition) is 3. The zero-order valence-corrected chi connectivity index (χ0v) is 14.1. The van der Waals surface area contributed by atoms with Gasteiger partial charge in [0.05, 0.1) is 5.57 Å². The first-order valence-electron chi connectivity index (χ1n) is 8.43. The first kappa shape index (κ1) is 15.8. The van der Waals surface area contributed by atoms with Crippen LogP contribution in [0.15, 0.2) is 36.0 Å². The van der Waals surface area contributed by atoms with Crippen molar-refractivity contribution in [1.82, 2.24) is 9.80 Å². The zero-order valence-electron chi connectivity index (χ0n) is 14.1. The fourth-order valence-electron chi connectivity index (χ4n) is 3.39. The van der Waals surface area contributed by atoms with Crippen LogP contribution in [-0.4, -0.2) is 40.7 Å². The number of benzene rings is 1. The van der Waals surface area contributed by atoms with Crippen molar-refractivity contribution in [2.24, 2.45) is 5.92 Å². The summed E-state index contributed by atoms with van der Waals surface area (Å²) in [6.45, 7) is 7.71. The molecule has 2 aliphatic heterocycles. The molecule has 4 nitrogen and oxygen atoms in total. The molecule has 0 aliphatic carbocycles. The number of hydrogen-bond donors (Lipinski definition) is 0. The predicted octanol–water partition coefficient (Wildman–Crippen LogP) is 2.91. The molecule has 2 aliphatic rings. The first-order chi connectivity index (χ1) is 11.0. The summed E-state index contributed by atoms with van der Waals surface area (Å²) < 4.78 is 0. The SMILES string of the molecule is CC1CCN(C2=C(c3ccccc3)C(=O)N(C(C)C)C2=O)CC1. The van der Waals surface area contributed by atoms with E-state index in [-0.39, 0.29) is 17.9 Å². The second-order valence-corrected chi connectivity index (χ2v) is 6.83. The van der Waals surface area contributed by atoms with Crippen molar-refractivity contribution in [2.75, 3.05) is 13.1 Å². The Bertz CT molecular complexity index is 641. The molecule has 1 aromatic rings. The van der Waals surface area contributed by atoms with Crippen molar-refractivity contribution in [1.29, 1.82) is 0 Å². The Hall–Kier alpha value is -2.10. The molecule has 2 amide bonds.